The molecule has 0 fully saturated rings. The first-order valence-corrected chi connectivity index (χ1v) is 4.55. The molecule has 0 aromatic rings. The molecule has 3 amide bonds. The second-order valence-corrected chi connectivity index (χ2v) is 4.01. The monoisotopic (exact) mass is 276 g/mol. The third-order valence-corrected chi connectivity index (χ3v) is 3.25. The van der Waals surface area contributed by atoms with Crippen molar-refractivity contribution in [2.24, 2.45) is 5.73 Å². The summed E-state index contributed by atoms with van der Waals surface area (Å²) in [6.45, 7) is 3.72. The lowest BCUT2D eigenvalue weighted by Gasteiger charge is -2.21. The summed E-state index contributed by atoms with van der Waals surface area (Å²) < 4.78 is -0.665. The van der Waals surface area contributed by atoms with E-state index in [-0.39, 0.29) is 15.3 Å². The molecule has 0 radical (unpaired) electrons. The van der Waals surface area contributed by atoms with Crippen LogP contribution in [0.3, 0.4) is 0 Å². The van der Waals surface area contributed by atoms with Gasteiger partial charge in [0.2, 0.25) is 5.91 Å². The number of alkyl halides is 1. The lowest BCUT2D eigenvalue weighted by Crippen LogP contribution is -2.46. The maximum Gasteiger partial charge on any atom is 0.318 e. The van der Waals surface area contributed by atoms with Gasteiger partial charge in [-0.3, -0.25) is 19.5 Å². The van der Waals surface area contributed by atoms with Crippen molar-refractivity contribution >= 4 is 27.9 Å². The number of primary amides is 1. The Labute approximate surface area is 89.5 Å². The molecule has 0 saturated carbocycles. The normalized spacial score (nSPS) is 9.36. The van der Waals surface area contributed by atoms with E-state index < -0.39 is 10.4 Å². The van der Waals surface area contributed by atoms with Gasteiger partial charge in [-0.2, -0.15) is 0 Å². The summed E-state index contributed by atoms with van der Waals surface area (Å²) in [6.07, 6.45) is 1.23. The molecule has 0 aliphatic carbocycles. The maximum absolute atomic E-state index is 11.3. The molecule has 0 atom stereocenters. The van der Waals surface area contributed by atoms with E-state index in [1.807, 2.05) is 19.2 Å². The zero-order chi connectivity index (χ0) is 9.78. The Hall–Kier alpha value is -0.720. The largest absolute Gasteiger partial charge is 0.351 e. The van der Waals surface area contributed by atoms with Crippen molar-refractivity contribution in [2.45, 2.75) is 31.0 Å². The standard InChI is InChI=1S/C7H13BrN2O2.2FH/c1-3-7(8,4-2)5(11)10-6(9)12;;/h3-4H2,1-2H3,(H3,9,10,11,12);2*1H. The lowest BCUT2D eigenvalue weighted by molar-refractivity contribution is -0.122. The molecule has 0 aliphatic heterocycles. The fraction of sp³-hybridized carbons (Fsp3) is 0.714. The highest BCUT2D eigenvalue weighted by Crippen LogP contribution is 2.26. The van der Waals surface area contributed by atoms with E-state index >= 15 is 0 Å². The zero-order valence-corrected chi connectivity index (χ0v) is 9.59. The van der Waals surface area contributed by atoms with E-state index in [1.54, 1.807) is 0 Å². The van der Waals surface area contributed by atoms with Crippen LogP contribution in [0.1, 0.15) is 26.7 Å². The SMILES string of the molecule is CCC(Br)(CC)C(=O)NC(N)=O.F.F. The van der Waals surface area contributed by atoms with Crippen molar-refractivity contribution in [3.8, 4) is 0 Å². The Morgan fingerprint density at radius 1 is 1.29 bits per heavy atom. The smallest absolute Gasteiger partial charge is 0.318 e. The van der Waals surface area contributed by atoms with Gasteiger partial charge in [0.1, 0.15) is 4.32 Å². The van der Waals surface area contributed by atoms with Crippen LogP contribution in [0.15, 0.2) is 0 Å². The van der Waals surface area contributed by atoms with Gasteiger partial charge in [0.15, 0.2) is 0 Å². The summed E-state index contributed by atoms with van der Waals surface area (Å²) in [5.74, 6) is -0.375. The minimum atomic E-state index is -0.814. The number of hydrogen-bond acceptors (Lipinski definition) is 2. The zero-order valence-electron chi connectivity index (χ0n) is 8.00. The van der Waals surface area contributed by atoms with E-state index in [9.17, 15) is 9.59 Å². The number of carbonyl (C=O) groups excluding carboxylic acids is 2. The molecule has 0 aromatic carbocycles. The van der Waals surface area contributed by atoms with Crippen LogP contribution in [0.4, 0.5) is 14.2 Å². The number of amides is 3. The molecular weight excluding hydrogens is 262 g/mol. The summed E-state index contributed by atoms with van der Waals surface area (Å²) >= 11 is 3.26. The van der Waals surface area contributed by atoms with Gasteiger partial charge >= 0.3 is 6.03 Å². The molecule has 0 aromatic heterocycles. The molecule has 3 N–H and O–H groups in total. The average Bonchev–Trinajstić information content (AvgIpc) is 2.02. The molecule has 4 nitrogen and oxygen atoms in total. The molecule has 0 bridgehead atoms. The van der Waals surface area contributed by atoms with Crippen molar-refractivity contribution in [1.82, 2.24) is 5.32 Å². The van der Waals surface area contributed by atoms with E-state index in [1.165, 1.54) is 0 Å². The van der Waals surface area contributed by atoms with Gasteiger partial charge < -0.3 is 5.73 Å². The lowest BCUT2D eigenvalue weighted by atomic mass is 10.0. The third-order valence-electron chi connectivity index (χ3n) is 1.76. The van der Waals surface area contributed by atoms with E-state index in [2.05, 4.69) is 15.9 Å². The van der Waals surface area contributed by atoms with Gasteiger partial charge in [0, 0.05) is 0 Å². The van der Waals surface area contributed by atoms with Gasteiger partial charge in [0.25, 0.3) is 0 Å². The Morgan fingerprint density at radius 3 is 1.86 bits per heavy atom. The number of rotatable bonds is 3. The van der Waals surface area contributed by atoms with Gasteiger partial charge in [-0.1, -0.05) is 29.8 Å². The number of carbonyl (C=O) groups is 2. The average molecular weight is 277 g/mol. The predicted molar refractivity (Wildman–Crippen MR) is 55.0 cm³/mol. The molecule has 0 saturated heterocycles. The predicted octanol–water partition coefficient (Wildman–Crippen LogP) is 1.44. The van der Waals surface area contributed by atoms with E-state index in [0.717, 1.165) is 0 Å². The van der Waals surface area contributed by atoms with Crippen LogP contribution in [0.25, 0.3) is 0 Å². The molecule has 86 valence electrons. The van der Waals surface area contributed by atoms with Gasteiger partial charge in [-0.15, -0.1) is 0 Å². The first kappa shape index (κ1) is 18.9. The number of nitrogens with one attached hydrogen (secondary N) is 1. The Morgan fingerprint density at radius 2 is 1.64 bits per heavy atom. The van der Waals surface area contributed by atoms with Crippen LogP contribution in [0.2, 0.25) is 0 Å². The van der Waals surface area contributed by atoms with Gasteiger partial charge in [0.05, 0.1) is 0 Å². The molecule has 14 heavy (non-hydrogen) atoms. The van der Waals surface area contributed by atoms with Crippen molar-refractivity contribution in [2.75, 3.05) is 0 Å². The summed E-state index contributed by atoms with van der Waals surface area (Å²) in [5.41, 5.74) is 4.81. The first-order valence-electron chi connectivity index (χ1n) is 3.76. The number of urea groups is 1. The fourth-order valence-corrected chi connectivity index (χ4v) is 0.894. The minimum absolute atomic E-state index is 0. The van der Waals surface area contributed by atoms with Crippen LogP contribution in [-0.4, -0.2) is 16.3 Å². The number of hydrogen-bond donors (Lipinski definition) is 2. The summed E-state index contributed by atoms with van der Waals surface area (Å²) in [5, 5.41) is 2.04. The molecule has 0 spiro atoms. The molecule has 0 unspecified atom stereocenters. The Bertz CT molecular complexity index is 198. The molecule has 0 aliphatic rings. The van der Waals surface area contributed by atoms with Crippen LogP contribution in [0, 0.1) is 0 Å². The molecular formula is C7H15BrF2N2O2. The second kappa shape index (κ2) is 7.66. The minimum Gasteiger partial charge on any atom is -0.351 e. The Kier molecular flexibility index (Phi) is 10.4. The van der Waals surface area contributed by atoms with Crippen molar-refractivity contribution < 1.29 is 19.0 Å². The quantitative estimate of drug-likeness (QED) is 0.766. The van der Waals surface area contributed by atoms with Gasteiger partial charge in [-0.25, -0.2) is 4.79 Å². The second-order valence-electron chi connectivity index (χ2n) is 2.49. The van der Waals surface area contributed by atoms with Crippen LogP contribution in [0.5, 0.6) is 0 Å². The number of imide groups is 1. The molecule has 0 heterocycles. The summed E-state index contributed by atoms with van der Waals surface area (Å²) in [4.78, 5) is 21.6. The van der Waals surface area contributed by atoms with Crippen molar-refractivity contribution in [1.29, 1.82) is 0 Å². The van der Waals surface area contributed by atoms with Crippen molar-refractivity contribution in [3.05, 3.63) is 0 Å². The van der Waals surface area contributed by atoms with Crippen LogP contribution >= 0.6 is 15.9 Å². The van der Waals surface area contributed by atoms with E-state index in [0.29, 0.717) is 12.8 Å². The highest BCUT2D eigenvalue weighted by Gasteiger charge is 2.32. The third kappa shape index (κ3) is 5.11. The maximum atomic E-state index is 11.3. The number of nitrogens with two attached hydrogens (primary N) is 1. The number of halogens is 3. The topological polar surface area (TPSA) is 72.2 Å². The fourth-order valence-electron chi connectivity index (χ4n) is 0.795. The van der Waals surface area contributed by atoms with Crippen LogP contribution < -0.4 is 11.1 Å². The first-order chi connectivity index (χ1) is 5.46. The summed E-state index contributed by atoms with van der Waals surface area (Å²) in [7, 11) is 0. The van der Waals surface area contributed by atoms with Crippen LogP contribution in [-0.2, 0) is 4.79 Å². The van der Waals surface area contributed by atoms with Gasteiger partial charge in [-0.05, 0) is 12.8 Å². The van der Waals surface area contributed by atoms with Crippen molar-refractivity contribution in [3.63, 3.8) is 0 Å². The van der Waals surface area contributed by atoms with E-state index in [4.69, 9.17) is 5.73 Å². The highest BCUT2D eigenvalue weighted by molar-refractivity contribution is 9.10. The molecule has 7 heteroatoms. The molecule has 0 rings (SSSR count). The highest BCUT2D eigenvalue weighted by atomic mass is 79.9. The Balaban J connectivity index is -0.000000605. The summed E-state index contributed by atoms with van der Waals surface area (Å²) in [6, 6.07) is -0.814.